The number of carbonyl (C=O) groups excluding carboxylic acids is 1. The first-order valence-electron chi connectivity index (χ1n) is 8.58. The third kappa shape index (κ3) is 13.9. The van der Waals surface area contributed by atoms with Crippen LogP contribution in [0.5, 0.6) is 0 Å². The van der Waals surface area contributed by atoms with E-state index in [2.05, 4.69) is 13.5 Å². The van der Waals surface area contributed by atoms with Gasteiger partial charge in [-0.05, 0) is 13.3 Å². The van der Waals surface area contributed by atoms with Crippen LogP contribution in [0.4, 0.5) is 0 Å². The van der Waals surface area contributed by atoms with Gasteiger partial charge in [0.1, 0.15) is 6.61 Å². The van der Waals surface area contributed by atoms with Crippen molar-refractivity contribution < 1.29 is 14.6 Å². The molecule has 0 aliphatic rings. The zero-order valence-corrected chi connectivity index (χ0v) is 14.0. The van der Waals surface area contributed by atoms with Gasteiger partial charge in [-0.3, -0.25) is 0 Å². The van der Waals surface area contributed by atoms with E-state index in [4.69, 9.17) is 4.74 Å². The molecule has 0 aliphatic carbocycles. The summed E-state index contributed by atoms with van der Waals surface area (Å²) in [5, 5.41) is 9.70. The Hall–Kier alpha value is -0.830. The van der Waals surface area contributed by atoms with E-state index in [1.54, 1.807) is 6.92 Å². The summed E-state index contributed by atoms with van der Waals surface area (Å²) < 4.78 is 4.92. The van der Waals surface area contributed by atoms with Crippen LogP contribution in [0.15, 0.2) is 12.2 Å². The predicted octanol–water partition coefficient (Wildman–Crippen LogP) is 4.78. The quantitative estimate of drug-likeness (QED) is 0.285. The Labute approximate surface area is 130 Å². The lowest BCUT2D eigenvalue weighted by Crippen LogP contribution is -2.18. The van der Waals surface area contributed by atoms with Crippen molar-refractivity contribution in [3.63, 3.8) is 0 Å². The average Bonchev–Trinajstić information content (AvgIpc) is 2.46. The highest BCUT2D eigenvalue weighted by Gasteiger charge is 2.08. The molecule has 0 fully saturated rings. The van der Waals surface area contributed by atoms with Crippen LogP contribution in [0.25, 0.3) is 0 Å². The van der Waals surface area contributed by atoms with Crippen LogP contribution in [0.1, 0.15) is 84.5 Å². The van der Waals surface area contributed by atoms with Crippen molar-refractivity contribution in [2.24, 2.45) is 0 Å². The molecule has 0 saturated carbocycles. The van der Waals surface area contributed by atoms with E-state index >= 15 is 0 Å². The van der Waals surface area contributed by atoms with Gasteiger partial charge in [0.05, 0.1) is 6.10 Å². The van der Waals surface area contributed by atoms with Crippen molar-refractivity contribution in [1.82, 2.24) is 0 Å². The third-order valence-corrected chi connectivity index (χ3v) is 3.65. The molecule has 0 aromatic heterocycles. The maximum absolute atomic E-state index is 11.2. The lowest BCUT2D eigenvalue weighted by molar-refractivity contribution is -0.142. The SMILES string of the molecule is C=C(C)C(=O)OC[C@H](O)CCCCCCCCCCCC. The van der Waals surface area contributed by atoms with Crippen LogP contribution in [0.3, 0.4) is 0 Å². The van der Waals surface area contributed by atoms with E-state index in [9.17, 15) is 9.90 Å². The van der Waals surface area contributed by atoms with Crippen LogP contribution in [0.2, 0.25) is 0 Å². The molecule has 1 N–H and O–H groups in total. The molecule has 0 amide bonds. The van der Waals surface area contributed by atoms with Gasteiger partial charge in [0, 0.05) is 5.57 Å². The highest BCUT2D eigenvalue weighted by Crippen LogP contribution is 2.12. The molecular weight excluding hydrogens is 264 g/mol. The second-order valence-corrected chi connectivity index (χ2v) is 6.00. The normalized spacial score (nSPS) is 12.1. The largest absolute Gasteiger partial charge is 0.460 e. The van der Waals surface area contributed by atoms with Crippen molar-refractivity contribution in [2.75, 3.05) is 6.61 Å². The second kappa shape index (κ2) is 14.1. The minimum absolute atomic E-state index is 0.0864. The van der Waals surface area contributed by atoms with Gasteiger partial charge in [-0.25, -0.2) is 4.79 Å². The third-order valence-electron chi connectivity index (χ3n) is 3.65. The molecule has 0 aliphatic heterocycles. The van der Waals surface area contributed by atoms with Gasteiger partial charge in [0.15, 0.2) is 0 Å². The van der Waals surface area contributed by atoms with Gasteiger partial charge in [0.25, 0.3) is 0 Å². The number of aliphatic hydroxyl groups is 1. The Morgan fingerprint density at radius 1 is 1.00 bits per heavy atom. The fraction of sp³-hybridized carbons (Fsp3) is 0.833. The minimum Gasteiger partial charge on any atom is -0.460 e. The number of aliphatic hydroxyl groups excluding tert-OH is 1. The monoisotopic (exact) mass is 298 g/mol. The molecule has 0 aromatic carbocycles. The first-order valence-corrected chi connectivity index (χ1v) is 8.58. The topological polar surface area (TPSA) is 46.5 Å². The number of carbonyl (C=O) groups is 1. The number of unbranched alkanes of at least 4 members (excludes halogenated alkanes) is 9. The van der Waals surface area contributed by atoms with E-state index in [1.165, 1.54) is 51.4 Å². The Morgan fingerprint density at radius 3 is 1.95 bits per heavy atom. The van der Waals surface area contributed by atoms with Gasteiger partial charge in [0.2, 0.25) is 0 Å². The first-order chi connectivity index (χ1) is 10.1. The molecule has 3 nitrogen and oxygen atoms in total. The number of hydrogen-bond donors (Lipinski definition) is 1. The van der Waals surface area contributed by atoms with E-state index in [0.29, 0.717) is 12.0 Å². The highest BCUT2D eigenvalue weighted by atomic mass is 16.5. The van der Waals surface area contributed by atoms with Crippen LogP contribution in [-0.4, -0.2) is 23.8 Å². The van der Waals surface area contributed by atoms with Crippen molar-refractivity contribution >= 4 is 5.97 Å². The Morgan fingerprint density at radius 2 is 1.48 bits per heavy atom. The number of hydrogen-bond acceptors (Lipinski definition) is 3. The molecule has 0 spiro atoms. The molecule has 0 unspecified atom stereocenters. The molecule has 0 heterocycles. The van der Waals surface area contributed by atoms with Crippen LogP contribution in [-0.2, 0) is 9.53 Å². The Kier molecular flexibility index (Phi) is 13.6. The molecule has 0 aromatic rings. The second-order valence-electron chi connectivity index (χ2n) is 6.00. The van der Waals surface area contributed by atoms with Crippen LogP contribution >= 0.6 is 0 Å². The van der Waals surface area contributed by atoms with Crippen molar-refractivity contribution in [1.29, 1.82) is 0 Å². The van der Waals surface area contributed by atoms with Gasteiger partial charge >= 0.3 is 5.97 Å². The smallest absolute Gasteiger partial charge is 0.333 e. The first kappa shape index (κ1) is 20.2. The lowest BCUT2D eigenvalue weighted by atomic mass is 10.0. The summed E-state index contributed by atoms with van der Waals surface area (Å²) in [6.45, 7) is 7.44. The summed E-state index contributed by atoms with van der Waals surface area (Å²) in [4.78, 5) is 11.2. The standard InChI is InChI=1S/C18H34O3/c1-4-5-6-7-8-9-10-11-12-13-14-17(19)15-21-18(20)16(2)3/h17,19H,2,4-15H2,1,3H3/t17-/m1/s1. The maximum Gasteiger partial charge on any atom is 0.333 e. The Bertz CT molecular complexity index is 274. The van der Waals surface area contributed by atoms with Gasteiger partial charge in [-0.15, -0.1) is 0 Å². The van der Waals surface area contributed by atoms with E-state index in [-0.39, 0.29) is 6.61 Å². The summed E-state index contributed by atoms with van der Waals surface area (Å²) in [5.74, 6) is -0.419. The zero-order chi connectivity index (χ0) is 15.9. The van der Waals surface area contributed by atoms with Gasteiger partial charge in [-0.1, -0.05) is 77.7 Å². The maximum atomic E-state index is 11.2. The summed E-state index contributed by atoms with van der Waals surface area (Å²) in [7, 11) is 0. The zero-order valence-electron chi connectivity index (χ0n) is 14.0. The number of ether oxygens (including phenoxy) is 1. The Balaban J connectivity index is 3.27. The molecule has 0 radical (unpaired) electrons. The lowest BCUT2D eigenvalue weighted by Gasteiger charge is -2.11. The minimum atomic E-state index is -0.539. The molecule has 124 valence electrons. The van der Waals surface area contributed by atoms with E-state index in [0.717, 1.165) is 12.8 Å². The summed E-state index contributed by atoms with van der Waals surface area (Å²) in [6, 6.07) is 0. The van der Waals surface area contributed by atoms with Crippen molar-refractivity contribution in [3.8, 4) is 0 Å². The number of esters is 1. The predicted molar refractivity (Wildman–Crippen MR) is 88.2 cm³/mol. The van der Waals surface area contributed by atoms with Gasteiger partial charge in [-0.2, -0.15) is 0 Å². The average molecular weight is 298 g/mol. The van der Waals surface area contributed by atoms with Crippen molar-refractivity contribution in [3.05, 3.63) is 12.2 Å². The fourth-order valence-corrected chi connectivity index (χ4v) is 2.25. The molecular formula is C18H34O3. The van der Waals surface area contributed by atoms with E-state index in [1.807, 2.05) is 0 Å². The molecule has 3 heteroatoms. The summed E-state index contributed by atoms with van der Waals surface area (Å²) in [5.41, 5.74) is 0.376. The molecule has 0 rings (SSSR count). The van der Waals surface area contributed by atoms with Crippen LogP contribution < -0.4 is 0 Å². The summed E-state index contributed by atoms with van der Waals surface area (Å²) >= 11 is 0. The van der Waals surface area contributed by atoms with Crippen molar-refractivity contribution in [2.45, 2.75) is 90.6 Å². The van der Waals surface area contributed by atoms with E-state index < -0.39 is 12.1 Å². The highest BCUT2D eigenvalue weighted by molar-refractivity contribution is 5.86. The molecule has 21 heavy (non-hydrogen) atoms. The molecule has 0 bridgehead atoms. The number of rotatable bonds is 14. The summed E-state index contributed by atoms with van der Waals surface area (Å²) in [6.07, 6.45) is 13.0. The van der Waals surface area contributed by atoms with Gasteiger partial charge < -0.3 is 9.84 Å². The molecule has 1 atom stereocenters. The van der Waals surface area contributed by atoms with Crippen LogP contribution in [0, 0.1) is 0 Å². The molecule has 0 saturated heterocycles. The fourth-order valence-electron chi connectivity index (χ4n) is 2.25.